The van der Waals surface area contributed by atoms with Crippen molar-refractivity contribution in [3.05, 3.63) is 18.0 Å². The lowest BCUT2D eigenvalue weighted by Gasteiger charge is -2.13. The number of nitrogens with zero attached hydrogens (tertiary/aromatic N) is 2. The van der Waals surface area contributed by atoms with Crippen molar-refractivity contribution >= 4 is 17.3 Å². The predicted molar refractivity (Wildman–Crippen MR) is 77.5 cm³/mol. The minimum atomic E-state index is 0.709. The number of H-pyrrole nitrogens is 1. The van der Waals surface area contributed by atoms with E-state index in [-0.39, 0.29) is 0 Å². The first-order valence-electron chi connectivity index (χ1n) is 6.04. The maximum absolute atomic E-state index is 5.15. The van der Waals surface area contributed by atoms with Gasteiger partial charge < -0.3 is 20.9 Å². The van der Waals surface area contributed by atoms with Crippen molar-refractivity contribution in [1.82, 2.24) is 31.0 Å². The standard InChI is InChI=1S/C11H22N6S/c1-17(2)8-7-14-11(18)13-6-5-12-9-10-3-4-15-16-10/h3-4,12H,5-9H2,1-2H3,(H,15,16)(H2,13,14,18). The van der Waals surface area contributed by atoms with Crippen LogP contribution in [-0.4, -0.2) is 60.5 Å². The minimum Gasteiger partial charge on any atom is -0.361 e. The number of nitrogens with one attached hydrogen (secondary N) is 4. The summed E-state index contributed by atoms with van der Waals surface area (Å²) in [6, 6.07) is 1.95. The van der Waals surface area contributed by atoms with Crippen molar-refractivity contribution in [3.8, 4) is 0 Å². The molecule has 0 atom stereocenters. The zero-order chi connectivity index (χ0) is 13.2. The molecule has 4 N–H and O–H groups in total. The molecule has 0 aliphatic carbocycles. The third kappa shape index (κ3) is 7.21. The maximum Gasteiger partial charge on any atom is 0.166 e. The second kappa shape index (κ2) is 8.84. The van der Waals surface area contributed by atoms with E-state index in [0.29, 0.717) is 5.11 Å². The predicted octanol–water partition coefficient (Wildman–Crippen LogP) is -0.475. The first-order chi connectivity index (χ1) is 8.68. The molecule has 102 valence electrons. The van der Waals surface area contributed by atoms with Crippen LogP contribution in [0.1, 0.15) is 5.69 Å². The van der Waals surface area contributed by atoms with Crippen molar-refractivity contribution in [2.75, 3.05) is 40.3 Å². The number of aromatic nitrogens is 2. The van der Waals surface area contributed by atoms with E-state index in [4.69, 9.17) is 12.2 Å². The number of likely N-dealkylation sites (N-methyl/N-ethyl adjacent to an activating group) is 1. The van der Waals surface area contributed by atoms with Crippen molar-refractivity contribution in [1.29, 1.82) is 0 Å². The molecule has 0 aliphatic heterocycles. The van der Waals surface area contributed by atoms with Gasteiger partial charge in [0, 0.05) is 44.6 Å². The SMILES string of the molecule is CN(C)CCNC(=S)NCCNCc1ccn[nH]1. The number of hydrogen-bond donors (Lipinski definition) is 4. The highest BCUT2D eigenvalue weighted by Gasteiger charge is 1.96. The second-order valence-electron chi connectivity index (χ2n) is 4.24. The summed E-state index contributed by atoms with van der Waals surface area (Å²) in [6.07, 6.45) is 1.75. The number of hydrogen-bond acceptors (Lipinski definition) is 4. The largest absolute Gasteiger partial charge is 0.361 e. The van der Waals surface area contributed by atoms with Gasteiger partial charge >= 0.3 is 0 Å². The molecule has 1 rings (SSSR count). The first kappa shape index (κ1) is 14.9. The van der Waals surface area contributed by atoms with E-state index in [2.05, 4.69) is 31.0 Å². The summed E-state index contributed by atoms with van der Waals surface area (Å²) in [5, 5.41) is 17.1. The molecule has 0 saturated heterocycles. The Labute approximate surface area is 114 Å². The Bertz CT molecular complexity index is 324. The van der Waals surface area contributed by atoms with Crippen LogP contribution in [0.4, 0.5) is 0 Å². The monoisotopic (exact) mass is 270 g/mol. The first-order valence-corrected chi connectivity index (χ1v) is 6.44. The van der Waals surface area contributed by atoms with Gasteiger partial charge in [-0.25, -0.2) is 0 Å². The lowest BCUT2D eigenvalue weighted by atomic mass is 10.4. The quantitative estimate of drug-likeness (QED) is 0.378. The van der Waals surface area contributed by atoms with Crippen LogP contribution < -0.4 is 16.0 Å². The van der Waals surface area contributed by atoms with Gasteiger partial charge in [0.15, 0.2) is 5.11 Å². The Hall–Kier alpha value is -1.18. The third-order valence-electron chi connectivity index (χ3n) is 2.31. The molecule has 1 heterocycles. The van der Waals surface area contributed by atoms with E-state index in [1.165, 1.54) is 0 Å². The second-order valence-corrected chi connectivity index (χ2v) is 4.65. The molecule has 0 aliphatic rings. The highest BCUT2D eigenvalue weighted by molar-refractivity contribution is 7.80. The van der Waals surface area contributed by atoms with Gasteiger partial charge in [0.25, 0.3) is 0 Å². The highest BCUT2D eigenvalue weighted by atomic mass is 32.1. The van der Waals surface area contributed by atoms with E-state index < -0.39 is 0 Å². The molecule has 0 fully saturated rings. The molecular weight excluding hydrogens is 248 g/mol. The highest BCUT2D eigenvalue weighted by Crippen LogP contribution is 1.88. The average molecular weight is 270 g/mol. The van der Waals surface area contributed by atoms with Crippen LogP contribution in [0.15, 0.2) is 12.3 Å². The van der Waals surface area contributed by atoms with E-state index >= 15 is 0 Å². The summed E-state index contributed by atoms with van der Waals surface area (Å²) in [4.78, 5) is 2.11. The Morgan fingerprint density at radius 1 is 1.33 bits per heavy atom. The Kier molecular flexibility index (Phi) is 7.31. The maximum atomic E-state index is 5.15. The molecule has 0 bridgehead atoms. The summed E-state index contributed by atoms with van der Waals surface area (Å²) < 4.78 is 0. The van der Waals surface area contributed by atoms with Crippen molar-refractivity contribution < 1.29 is 0 Å². The smallest absolute Gasteiger partial charge is 0.166 e. The van der Waals surface area contributed by atoms with Gasteiger partial charge in [0.1, 0.15) is 0 Å². The van der Waals surface area contributed by atoms with Crippen molar-refractivity contribution in [2.24, 2.45) is 0 Å². The summed E-state index contributed by atoms with van der Waals surface area (Å²) in [6.45, 7) is 4.29. The summed E-state index contributed by atoms with van der Waals surface area (Å²) in [5.74, 6) is 0. The molecule has 0 aromatic carbocycles. The lowest BCUT2D eigenvalue weighted by Crippen LogP contribution is -2.41. The van der Waals surface area contributed by atoms with Gasteiger partial charge in [-0.1, -0.05) is 0 Å². The Morgan fingerprint density at radius 3 is 2.78 bits per heavy atom. The molecule has 0 unspecified atom stereocenters. The summed E-state index contributed by atoms with van der Waals surface area (Å²) in [5.41, 5.74) is 1.08. The van der Waals surface area contributed by atoms with E-state index in [9.17, 15) is 0 Å². The van der Waals surface area contributed by atoms with Gasteiger partial charge in [0.05, 0.1) is 0 Å². The van der Waals surface area contributed by atoms with Gasteiger partial charge in [-0.05, 0) is 32.4 Å². The van der Waals surface area contributed by atoms with E-state index in [1.54, 1.807) is 6.20 Å². The van der Waals surface area contributed by atoms with Crippen LogP contribution in [0.3, 0.4) is 0 Å². The van der Waals surface area contributed by atoms with Crippen LogP contribution in [0.2, 0.25) is 0 Å². The molecule has 7 heteroatoms. The van der Waals surface area contributed by atoms with Crippen LogP contribution in [0.5, 0.6) is 0 Å². The van der Waals surface area contributed by atoms with Crippen LogP contribution in [0, 0.1) is 0 Å². The van der Waals surface area contributed by atoms with Gasteiger partial charge in [-0.15, -0.1) is 0 Å². The molecule has 1 aromatic heterocycles. The van der Waals surface area contributed by atoms with Crippen LogP contribution in [-0.2, 0) is 6.54 Å². The third-order valence-corrected chi connectivity index (χ3v) is 2.59. The summed E-state index contributed by atoms with van der Waals surface area (Å²) >= 11 is 5.15. The minimum absolute atomic E-state index is 0.709. The molecule has 6 nitrogen and oxygen atoms in total. The van der Waals surface area contributed by atoms with Crippen LogP contribution >= 0.6 is 12.2 Å². The van der Waals surface area contributed by atoms with E-state index in [1.807, 2.05) is 20.2 Å². The zero-order valence-electron chi connectivity index (χ0n) is 11.0. The molecule has 0 spiro atoms. The molecule has 0 amide bonds. The Morgan fingerprint density at radius 2 is 2.11 bits per heavy atom. The van der Waals surface area contributed by atoms with E-state index in [0.717, 1.165) is 38.4 Å². The fraction of sp³-hybridized carbons (Fsp3) is 0.636. The zero-order valence-corrected chi connectivity index (χ0v) is 11.8. The molecule has 0 saturated carbocycles. The van der Waals surface area contributed by atoms with Crippen LogP contribution in [0.25, 0.3) is 0 Å². The summed E-state index contributed by atoms with van der Waals surface area (Å²) in [7, 11) is 4.08. The van der Waals surface area contributed by atoms with Crippen molar-refractivity contribution in [3.63, 3.8) is 0 Å². The van der Waals surface area contributed by atoms with Gasteiger partial charge in [-0.2, -0.15) is 5.10 Å². The number of rotatable bonds is 8. The molecule has 1 aromatic rings. The van der Waals surface area contributed by atoms with Crippen molar-refractivity contribution in [2.45, 2.75) is 6.54 Å². The lowest BCUT2D eigenvalue weighted by molar-refractivity contribution is 0.412. The average Bonchev–Trinajstić information content (AvgIpc) is 2.81. The topological polar surface area (TPSA) is 68.0 Å². The molecule has 18 heavy (non-hydrogen) atoms. The molecular formula is C11H22N6S. The molecule has 0 radical (unpaired) electrons. The fourth-order valence-electron chi connectivity index (χ4n) is 1.33. The number of thiocarbonyl (C=S) groups is 1. The number of aromatic amines is 1. The van der Waals surface area contributed by atoms with Gasteiger partial charge in [-0.3, -0.25) is 5.10 Å². The normalized spacial score (nSPS) is 10.6. The fourth-order valence-corrected chi connectivity index (χ4v) is 1.53. The Balaban J connectivity index is 1.92. The van der Waals surface area contributed by atoms with Gasteiger partial charge in [0.2, 0.25) is 0 Å².